The second-order valence-corrected chi connectivity index (χ2v) is 6.98. The third-order valence-electron chi connectivity index (χ3n) is 3.78. The molecule has 8 heteroatoms. The summed E-state index contributed by atoms with van der Waals surface area (Å²) in [5.74, 6) is 1.82. The lowest BCUT2D eigenvalue weighted by Gasteiger charge is -2.36. The van der Waals surface area contributed by atoms with E-state index in [1.165, 1.54) is 0 Å². The van der Waals surface area contributed by atoms with Gasteiger partial charge in [-0.15, -0.1) is 0 Å². The second kappa shape index (κ2) is 6.70. The van der Waals surface area contributed by atoms with Crippen LogP contribution in [0.2, 0.25) is 0 Å². The first-order valence-corrected chi connectivity index (χ1v) is 8.32. The average molecular weight is 345 g/mol. The van der Waals surface area contributed by atoms with E-state index in [2.05, 4.69) is 20.0 Å². The number of hydrogen-bond acceptors (Lipinski definition) is 7. The number of anilines is 1. The van der Waals surface area contributed by atoms with E-state index in [0.29, 0.717) is 37.9 Å². The third kappa shape index (κ3) is 4.07. The molecule has 0 saturated carbocycles. The number of carbonyl (C=O) groups is 1. The van der Waals surface area contributed by atoms with Crippen molar-refractivity contribution < 1.29 is 14.1 Å². The Morgan fingerprint density at radius 3 is 2.56 bits per heavy atom. The van der Waals surface area contributed by atoms with Gasteiger partial charge in [0.15, 0.2) is 5.82 Å². The van der Waals surface area contributed by atoms with Gasteiger partial charge in [-0.25, -0.2) is 9.78 Å². The number of aryl methyl sites for hydroxylation is 1. The topological polar surface area (TPSA) is 84.6 Å². The molecule has 1 fully saturated rings. The average Bonchev–Trinajstić information content (AvgIpc) is 3.00. The van der Waals surface area contributed by atoms with Gasteiger partial charge in [0, 0.05) is 32.4 Å². The van der Waals surface area contributed by atoms with Gasteiger partial charge in [-0.1, -0.05) is 5.16 Å². The van der Waals surface area contributed by atoms with E-state index in [4.69, 9.17) is 9.26 Å². The van der Waals surface area contributed by atoms with Gasteiger partial charge in [-0.05, 0) is 39.8 Å². The number of pyridine rings is 1. The Balaban J connectivity index is 1.71. The monoisotopic (exact) mass is 345 g/mol. The lowest BCUT2D eigenvalue weighted by atomic mass is 10.2. The van der Waals surface area contributed by atoms with Crippen LogP contribution in [-0.2, 0) is 4.74 Å². The highest BCUT2D eigenvalue weighted by Crippen LogP contribution is 2.28. The molecule has 1 amide bonds. The summed E-state index contributed by atoms with van der Waals surface area (Å²) in [6, 6.07) is 3.75. The smallest absolute Gasteiger partial charge is 0.410 e. The zero-order valence-corrected chi connectivity index (χ0v) is 15.0. The molecule has 0 radical (unpaired) electrons. The van der Waals surface area contributed by atoms with Crippen LogP contribution in [0.25, 0.3) is 11.5 Å². The molecule has 3 rings (SSSR count). The van der Waals surface area contributed by atoms with Crippen LogP contribution in [0.4, 0.5) is 10.6 Å². The molecule has 1 aliphatic rings. The standard InChI is InChI=1S/C17H23N5O3/c1-12-19-15(25-20-12)13-6-5-7-18-14(13)21-8-10-22(11-9-21)16(23)24-17(2,3)4/h5-7H,8-11H2,1-4H3. The molecule has 8 nitrogen and oxygen atoms in total. The molecule has 134 valence electrons. The first-order chi connectivity index (χ1) is 11.8. The lowest BCUT2D eigenvalue weighted by molar-refractivity contribution is 0.0240. The third-order valence-corrected chi connectivity index (χ3v) is 3.78. The quantitative estimate of drug-likeness (QED) is 0.826. The largest absolute Gasteiger partial charge is 0.444 e. The van der Waals surface area contributed by atoms with Crippen LogP contribution in [0.15, 0.2) is 22.9 Å². The van der Waals surface area contributed by atoms with E-state index in [1.807, 2.05) is 32.9 Å². The Bertz CT molecular complexity index is 745. The lowest BCUT2D eigenvalue weighted by Crippen LogP contribution is -2.50. The predicted octanol–water partition coefficient (Wildman–Crippen LogP) is 2.50. The number of aromatic nitrogens is 3. The van der Waals surface area contributed by atoms with Gasteiger partial charge in [0.1, 0.15) is 11.4 Å². The summed E-state index contributed by atoms with van der Waals surface area (Å²) in [5.41, 5.74) is 0.312. The highest BCUT2D eigenvalue weighted by molar-refractivity contribution is 5.71. The van der Waals surface area contributed by atoms with Crippen molar-refractivity contribution in [3.63, 3.8) is 0 Å². The van der Waals surface area contributed by atoms with Gasteiger partial charge in [0.2, 0.25) is 0 Å². The molecule has 2 aromatic rings. The number of ether oxygens (including phenoxy) is 1. The van der Waals surface area contributed by atoms with Crippen molar-refractivity contribution in [2.24, 2.45) is 0 Å². The maximum absolute atomic E-state index is 12.2. The van der Waals surface area contributed by atoms with Crippen LogP contribution >= 0.6 is 0 Å². The normalized spacial score (nSPS) is 15.4. The predicted molar refractivity (Wildman–Crippen MR) is 92.3 cm³/mol. The fraction of sp³-hybridized carbons (Fsp3) is 0.529. The molecule has 0 spiro atoms. The minimum atomic E-state index is -0.488. The van der Waals surface area contributed by atoms with Crippen molar-refractivity contribution >= 4 is 11.9 Å². The fourth-order valence-electron chi connectivity index (χ4n) is 2.65. The van der Waals surface area contributed by atoms with Crippen molar-refractivity contribution in [2.75, 3.05) is 31.1 Å². The molecule has 3 heterocycles. The number of piperazine rings is 1. The summed E-state index contributed by atoms with van der Waals surface area (Å²) in [4.78, 5) is 24.8. The van der Waals surface area contributed by atoms with Gasteiger partial charge < -0.3 is 19.1 Å². The van der Waals surface area contributed by atoms with E-state index >= 15 is 0 Å². The molecule has 0 unspecified atom stereocenters. The Kier molecular flexibility index (Phi) is 4.61. The van der Waals surface area contributed by atoms with Gasteiger partial charge in [0.05, 0.1) is 5.56 Å². The number of hydrogen-bond donors (Lipinski definition) is 0. The maximum atomic E-state index is 12.2. The van der Waals surface area contributed by atoms with Crippen LogP contribution in [0.5, 0.6) is 0 Å². The van der Waals surface area contributed by atoms with Crippen molar-refractivity contribution in [1.29, 1.82) is 0 Å². The van der Waals surface area contributed by atoms with E-state index < -0.39 is 5.60 Å². The summed E-state index contributed by atoms with van der Waals surface area (Å²) in [6.07, 6.45) is 1.46. The first kappa shape index (κ1) is 17.2. The molecule has 0 atom stereocenters. The molecule has 0 bridgehead atoms. The molecular weight excluding hydrogens is 322 g/mol. The Morgan fingerprint density at radius 1 is 1.24 bits per heavy atom. The molecule has 0 aliphatic carbocycles. The van der Waals surface area contributed by atoms with Gasteiger partial charge in [-0.3, -0.25) is 0 Å². The van der Waals surface area contributed by atoms with Crippen molar-refractivity contribution in [3.05, 3.63) is 24.2 Å². The number of rotatable bonds is 2. The molecule has 2 aromatic heterocycles. The SMILES string of the molecule is Cc1noc(-c2cccnc2N2CCN(C(=O)OC(C)(C)C)CC2)n1. The van der Waals surface area contributed by atoms with E-state index in [-0.39, 0.29) is 6.09 Å². The number of amides is 1. The summed E-state index contributed by atoms with van der Waals surface area (Å²) < 4.78 is 10.7. The summed E-state index contributed by atoms with van der Waals surface area (Å²) in [6.45, 7) is 9.87. The van der Waals surface area contributed by atoms with Gasteiger partial charge >= 0.3 is 6.09 Å². The molecule has 0 N–H and O–H groups in total. The summed E-state index contributed by atoms with van der Waals surface area (Å²) in [5, 5.41) is 3.85. The van der Waals surface area contributed by atoms with Crippen molar-refractivity contribution in [3.8, 4) is 11.5 Å². The van der Waals surface area contributed by atoms with Gasteiger partial charge in [-0.2, -0.15) is 4.98 Å². The number of carbonyl (C=O) groups excluding carboxylic acids is 1. The zero-order valence-electron chi connectivity index (χ0n) is 15.0. The Labute approximate surface area is 146 Å². The molecular formula is C17H23N5O3. The fourth-order valence-corrected chi connectivity index (χ4v) is 2.65. The zero-order chi connectivity index (χ0) is 18.0. The summed E-state index contributed by atoms with van der Waals surface area (Å²) in [7, 11) is 0. The van der Waals surface area contributed by atoms with Crippen LogP contribution in [-0.4, -0.2) is 57.9 Å². The Morgan fingerprint density at radius 2 is 1.96 bits per heavy atom. The van der Waals surface area contributed by atoms with Crippen LogP contribution in [0.3, 0.4) is 0 Å². The highest BCUT2D eigenvalue weighted by Gasteiger charge is 2.27. The van der Waals surface area contributed by atoms with E-state index in [0.717, 1.165) is 11.4 Å². The highest BCUT2D eigenvalue weighted by atomic mass is 16.6. The Hall–Kier alpha value is -2.64. The maximum Gasteiger partial charge on any atom is 0.410 e. The van der Waals surface area contributed by atoms with Crippen LogP contribution in [0.1, 0.15) is 26.6 Å². The molecule has 1 aliphatic heterocycles. The molecule has 0 aromatic carbocycles. The minimum Gasteiger partial charge on any atom is -0.444 e. The molecule has 25 heavy (non-hydrogen) atoms. The van der Waals surface area contributed by atoms with Crippen molar-refractivity contribution in [1.82, 2.24) is 20.0 Å². The van der Waals surface area contributed by atoms with E-state index in [9.17, 15) is 4.79 Å². The van der Waals surface area contributed by atoms with E-state index in [1.54, 1.807) is 18.0 Å². The minimum absolute atomic E-state index is 0.277. The molecule has 1 saturated heterocycles. The second-order valence-electron chi connectivity index (χ2n) is 6.98. The number of nitrogens with zero attached hydrogens (tertiary/aromatic N) is 5. The summed E-state index contributed by atoms with van der Waals surface area (Å²) >= 11 is 0. The van der Waals surface area contributed by atoms with Crippen LogP contribution < -0.4 is 4.90 Å². The van der Waals surface area contributed by atoms with Crippen molar-refractivity contribution in [2.45, 2.75) is 33.3 Å². The van der Waals surface area contributed by atoms with Gasteiger partial charge in [0.25, 0.3) is 5.89 Å². The first-order valence-electron chi connectivity index (χ1n) is 8.32. The van der Waals surface area contributed by atoms with Crippen LogP contribution in [0, 0.1) is 6.92 Å².